The van der Waals surface area contributed by atoms with Gasteiger partial charge in [0.25, 0.3) is 0 Å². The molecule has 0 unspecified atom stereocenters. The highest BCUT2D eigenvalue weighted by atomic mass is 79.9. The van der Waals surface area contributed by atoms with Gasteiger partial charge < -0.3 is 9.47 Å². The van der Waals surface area contributed by atoms with Crippen molar-refractivity contribution in [3.05, 3.63) is 93.5 Å². The van der Waals surface area contributed by atoms with Crippen LogP contribution in [0.3, 0.4) is 0 Å². The Labute approximate surface area is 184 Å². The molecule has 0 aliphatic rings. The first-order valence-electron chi connectivity index (χ1n) is 9.47. The van der Waals surface area contributed by atoms with E-state index in [4.69, 9.17) is 9.47 Å². The number of aryl methyl sites for hydroxylation is 1. The Balaban J connectivity index is 1.63. The maximum atomic E-state index is 12.0. The normalized spacial score (nSPS) is 10.8. The molecule has 0 aliphatic carbocycles. The highest BCUT2D eigenvalue weighted by Gasteiger charge is 2.10. The summed E-state index contributed by atoms with van der Waals surface area (Å²) in [6.45, 7) is 2.49. The number of halogens is 1. The van der Waals surface area contributed by atoms with Crippen molar-refractivity contribution in [3.8, 4) is 11.5 Å². The van der Waals surface area contributed by atoms with Crippen LogP contribution in [0.15, 0.2) is 76.3 Å². The van der Waals surface area contributed by atoms with Crippen LogP contribution < -0.4 is 14.9 Å². The summed E-state index contributed by atoms with van der Waals surface area (Å²) in [4.78, 5) is 12.0. The monoisotopic (exact) mass is 466 g/mol. The molecule has 0 saturated carbocycles. The van der Waals surface area contributed by atoms with Crippen molar-refractivity contribution in [2.75, 3.05) is 7.11 Å². The van der Waals surface area contributed by atoms with Crippen LogP contribution in [0.25, 0.3) is 0 Å². The van der Waals surface area contributed by atoms with Crippen LogP contribution in [0, 0.1) is 6.92 Å². The van der Waals surface area contributed by atoms with Crippen LogP contribution in [0.1, 0.15) is 22.3 Å². The highest BCUT2D eigenvalue weighted by Crippen LogP contribution is 2.33. The summed E-state index contributed by atoms with van der Waals surface area (Å²) in [5.74, 6) is 1.02. The van der Waals surface area contributed by atoms with Crippen molar-refractivity contribution >= 4 is 28.1 Å². The lowest BCUT2D eigenvalue weighted by molar-refractivity contribution is -0.120. The number of amides is 1. The summed E-state index contributed by atoms with van der Waals surface area (Å²) in [5, 5.41) is 4.05. The number of ether oxygens (including phenoxy) is 2. The minimum Gasteiger partial charge on any atom is -0.493 e. The fourth-order valence-corrected chi connectivity index (χ4v) is 3.19. The van der Waals surface area contributed by atoms with E-state index in [1.54, 1.807) is 19.4 Å². The fraction of sp³-hybridized carbons (Fsp3) is 0.167. The van der Waals surface area contributed by atoms with Crippen molar-refractivity contribution in [3.63, 3.8) is 0 Å². The first-order chi connectivity index (χ1) is 14.5. The number of hydrogen-bond donors (Lipinski definition) is 1. The molecular formula is C24H23BrN2O3. The maximum absolute atomic E-state index is 12.0. The van der Waals surface area contributed by atoms with E-state index in [0.29, 0.717) is 18.1 Å². The van der Waals surface area contributed by atoms with E-state index in [0.717, 1.165) is 21.2 Å². The molecule has 30 heavy (non-hydrogen) atoms. The zero-order valence-corrected chi connectivity index (χ0v) is 18.5. The fourth-order valence-electron chi connectivity index (χ4n) is 2.76. The third-order valence-corrected chi connectivity index (χ3v) is 5.09. The van der Waals surface area contributed by atoms with Crippen molar-refractivity contribution in [2.45, 2.75) is 20.0 Å². The summed E-state index contributed by atoms with van der Waals surface area (Å²) in [6, 6.07) is 21.3. The van der Waals surface area contributed by atoms with Gasteiger partial charge in [0.15, 0.2) is 11.5 Å². The molecule has 0 spiro atoms. The molecule has 3 rings (SSSR count). The molecule has 0 saturated heterocycles. The van der Waals surface area contributed by atoms with Gasteiger partial charge in [-0.05, 0) is 46.1 Å². The predicted molar refractivity (Wildman–Crippen MR) is 122 cm³/mol. The lowest BCUT2D eigenvalue weighted by Gasteiger charge is -2.13. The molecule has 0 fully saturated rings. The van der Waals surface area contributed by atoms with Crippen molar-refractivity contribution < 1.29 is 14.3 Å². The van der Waals surface area contributed by atoms with E-state index in [-0.39, 0.29) is 12.3 Å². The zero-order valence-electron chi connectivity index (χ0n) is 16.9. The molecule has 1 N–H and O–H groups in total. The van der Waals surface area contributed by atoms with E-state index in [1.165, 1.54) is 5.56 Å². The molecule has 0 aliphatic heterocycles. The Morgan fingerprint density at radius 1 is 1.03 bits per heavy atom. The number of carbonyl (C=O) groups excluding carboxylic acids is 1. The molecule has 3 aromatic carbocycles. The quantitative estimate of drug-likeness (QED) is 0.373. The minimum absolute atomic E-state index is 0.182. The Hall–Kier alpha value is -3.12. The van der Waals surface area contributed by atoms with Gasteiger partial charge in [0, 0.05) is 10.0 Å². The SMILES string of the molecule is COc1cc(C=NNC(=O)Cc2ccccc2)c(Br)cc1OCc1ccc(C)cc1. The Kier molecular flexibility index (Phi) is 7.63. The first-order valence-corrected chi connectivity index (χ1v) is 10.3. The Morgan fingerprint density at radius 3 is 2.47 bits per heavy atom. The van der Waals surface area contributed by atoms with E-state index >= 15 is 0 Å². The largest absolute Gasteiger partial charge is 0.493 e. The molecule has 0 atom stereocenters. The number of hydrogen-bond acceptors (Lipinski definition) is 4. The van der Waals surface area contributed by atoms with Gasteiger partial charge in [-0.2, -0.15) is 5.10 Å². The summed E-state index contributed by atoms with van der Waals surface area (Å²) < 4.78 is 12.2. The number of nitrogens with one attached hydrogen (secondary N) is 1. The summed E-state index contributed by atoms with van der Waals surface area (Å²) in [7, 11) is 1.59. The predicted octanol–water partition coefficient (Wildman–Crippen LogP) is 5.04. The summed E-state index contributed by atoms with van der Waals surface area (Å²) in [5.41, 5.74) is 6.52. The molecule has 1 amide bonds. The van der Waals surface area contributed by atoms with Gasteiger partial charge in [-0.3, -0.25) is 4.79 Å². The smallest absolute Gasteiger partial charge is 0.244 e. The van der Waals surface area contributed by atoms with E-state index in [1.807, 2.05) is 48.5 Å². The first kappa shape index (κ1) is 21.6. The average molecular weight is 467 g/mol. The van der Waals surface area contributed by atoms with Gasteiger partial charge in [0.1, 0.15) is 6.61 Å². The average Bonchev–Trinajstić information content (AvgIpc) is 2.75. The lowest BCUT2D eigenvalue weighted by atomic mass is 10.1. The van der Waals surface area contributed by atoms with Crippen LogP contribution in [0.2, 0.25) is 0 Å². The highest BCUT2D eigenvalue weighted by molar-refractivity contribution is 9.10. The van der Waals surface area contributed by atoms with E-state index in [9.17, 15) is 4.79 Å². The lowest BCUT2D eigenvalue weighted by Crippen LogP contribution is -2.19. The molecule has 154 valence electrons. The van der Waals surface area contributed by atoms with E-state index < -0.39 is 0 Å². The van der Waals surface area contributed by atoms with Crippen molar-refractivity contribution in [1.82, 2.24) is 5.43 Å². The van der Waals surface area contributed by atoms with E-state index in [2.05, 4.69) is 45.5 Å². The maximum Gasteiger partial charge on any atom is 0.244 e. The molecule has 0 bridgehead atoms. The van der Waals surface area contributed by atoms with Crippen LogP contribution in [-0.4, -0.2) is 19.2 Å². The number of methoxy groups -OCH3 is 1. The third-order valence-electron chi connectivity index (χ3n) is 4.40. The number of carbonyl (C=O) groups is 1. The van der Waals surface area contributed by atoms with Crippen LogP contribution in [-0.2, 0) is 17.8 Å². The molecule has 6 heteroatoms. The summed E-state index contributed by atoms with van der Waals surface area (Å²) >= 11 is 3.53. The molecular weight excluding hydrogens is 444 g/mol. The second-order valence-corrected chi connectivity index (χ2v) is 7.61. The molecule has 0 aromatic heterocycles. The Bertz CT molecular complexity index is 1020. The topological polar surface area (TPSA) is 59.9 Å². The Morgan fingerprint density at radius 2 is 1.77 bits per heavy atom. The molecule has 5 nitrogen and oxygen atoms in total. The van der Waals surface area contributed by atoms with Crippen LogP contribution in [0.5, 0.6) is 11.5 Å². The van der Waals surface area contributed by atoms with Gasteiger partial charge in [0.05, 0.1) is 19.7 Å². The molecule has 0 heterocycles. The number of nitrogens with zero attached hydrogens (tertiary/aromatic N) is 1. The van der Waals surface area contributed by atoms with Gasteiger partial charge in [-0.25, -0.2) is 5.43 Å². The van der Waals surface area contributed by atoms with Gasteiger partial charge in [-0.1, -0.05) is 60.2 Å². The summed E-state index contributed by atoms with van der Waals surface area (Å²) in [6.07, 6.45) is 1.84. The number of benzene rings is 3. The second kappa shape index (κ2) is 10.6. The third kappa shape index (κ3) is 6.19. The van der Waals surface area contributed by atoms with Gasteiger partial charge >= 0.3 is 0 Å². The zero-order chi connectivity index (χ0) is 21.3. The van der Waals surface area contributed by atoms with Crippen LogP contribution >= 0.6 is 15.9 Å². The van der Waals surface area contributed by atoms with Crippen molar-refractivity contribution in [1.29, 1.82) is 0 Å². The number of rotatable bonds is 8. The molecule has 3 aromatic rings. The second-order valence-electron chi connectivity index (χ2n) is 6.75. The van der Waals surface area contributed by atoms with Gasteiger partial charge in [-0.15, -0.1) is 0 Å². The number of hydrazone groups is 1. The molecule has 0 radical (unpaired) electrons. The van der Waals surface area contributed by atoms with Crippen molar-refractivity contribution in [2.24, 2.45) is 5.10 Å². The van der Waals surface area contributed by atoms with Gasteiger partial charge in [0.2, 0.25) is 5.91 Å². The minimum atomic E-state index is -0.182. The standard InChI is InChI=1S/C24H23BrN2O3/c1-17-8-10-19(11-9-17)16-30-23-14-21(25)20(13-22(23)29-2)15-26-27-24(28)12-18-6-4-3-5-7-18/h3-11,13-15H,12,16H2,1-2H3,(H,27,28). The van der Waals surface area contributed by atoms with Crippen LogP contribution in [0.4, 0.5) is 0 Å².